The summed E-state index contributed by atoms with van der Waals surface area (Å²) in [4.78, 5) is 11.5. The lowest BCUT2D eigenvalue weighted by atomic mass is 10.4. The van der Waals surface area contributed by atoms with Gasteiger partial charge in [0.15, 0.2) is 12.4 Å². The van der Waals surface area contributed by atoms with Crippen molar-refractivity contribution in [3.63, 3.8) is 0 Å². The fourth-order valence-electron chi connectivity index (χ4n) is 1.81. The van der Waals surface area contributed by atoms with Gasteiger partial charge in [-0.1, -0.05) is 6.92 Å². The standard InChI is InChI=1S/C14H20N5O3/c1-2-6-18-7-3-13(4-8-18)21-10-5-14(20)22-11-9-19-12-15-16-17-19/h3-4,7-8,12H,2,5-6,9-11H2,1H3/q+1. The molecule has 0 saturated carbocycles. The van der Waals surface area contributed by atoms with Crippen molar-refractivity contribution >= 4 is 5.97 Å². The molecule has 0 fully saturated rings. The number of hydrogen-bond donors (Lipinski definition) is 0. The normalized spacial score (nSPS) is 10.4. The van der Waals surface area contributed by atoms with Crippen LogP contribution in [0.25, 0.3) is 0 Å². The zero-order valence-electron chi connectivity index (χ0n) is 12.6. The van der Waals surface area contributed by atoms with Crippen LogP contribution in [-0.2, 0) is 22.6 Å². The van der Waals surface area contributed by atoms with Gasteiger partial charge in [-0.05, 0) is 10.4 Å². The number of esters is 1. The minimum atomic E-state index is -0.301. The summed E-state index contributed by atoms with van der Waals surface area (Å²) in [7, 11) is 0. The molecule has 0 atom stereocenters. The van der Waals surface area contributed by atoms with Crippen molar-refractivity contribution in [3.05, 3.63) is 30.9 Å². The van der Waals surface area contributed by atoms with Crippen LogP contribution in [0.2, 0.25) is 0 Å². The van der Waals surface area contributed by atoms with Crippen molar-refractivity contribution in [2.45, 2.75) is 32.9 Å². The predicted molar refractivity (Wildman–Crippen MR) is 75.8 cm³/mol. The molecule has 0 aliphatic rings. The van der Waals surface area contributed by atoms with Gasteiger partial charge in [0.2, 0.25) is 0 Å². The summed E-state index contributed by atoms with van der Waals surface area (Å²) in [6.45, 7) is 4.08. The van der Waals surface area contributed by atoms with Crippen LogP contribution < -0.4 is 9.30 Å². The monoisotopic (exact) mass is 306 g/mol. The SMILES string of the molecule is CCC[n+]1ccc(OCCC(=O)OCCn2cnnn2)cc1. The molecule has 8 heteroatoms. The van der Waals surface area contributed by atoms with Crippen LogP contribution in [0.4, 0.5) is 0 Å². The topological polar surface area (TPSA) is 83.0 Å². The maximum Gasteiger partial charge on any atom is 0.309 e. The van der Waals surface area contributed by atoms with Gasteiger partial charge in [-0.2, -0.15) is 0 Å². The fraction of sp³-hybridized carbons (Fsp3) is 0.500. The first kappa shape index (κ1) is 15.9. The first-order valence-electron chi connectivity index (χ1n) is 7.26. The molecule has 0 saturated heterocycles. The zero-order chi connectivity index (χ0) is 15.6. The number of rotatable bonds is 9. The fourth-order valence-corrected chi connectivity index (χ4v) is 1.81. The quantitative estimate of drug-likeness (QED) is 0.492. The molecule has 0 spiro atoms. The molecule has 0 aliphatic heterocycles. The Morgan fingerprint density at radius 3 is 2.82 bits per heavy atom. The Balaban J connectivity index is 1.60. The molecule has 0 aliphatic carbocycles. The number of hydrogen-bond acceptors (Lipinski definition) is 6. The second-order valence-electron chi connectivity index (χ2n) is 4.66. The van der Waals surface area contributed by atoms with Gasteiger partial charge in [-0.15, -0.1) is 5.10 Å². The van der Waals surface area contributed by atoms with Crippen LogP contribution in [0.1, 0.15) is 19.8 Å². The predicted octanol–water partition coefficient (Wildman–Crippen LogP) is 0.383. The summed E-state index contributed by atoms with van der Waals surface area (Å²) in [5, 5.41) is 10.7. The largest absolute Gasteiger partial charge is 0.493 e. The molecule has 8 nitrogen and oxygen atoms in total. The smallest absolute Gasteiger partial charge is 0.309 e. The first-order chi connectivity index (χ1) is 10.8. The van der Waals surface area contributed by atoms with Crippen molar-refractivity contribution in [2.24, 2.45) is 0 Å². The molecular weight excluding hydrogens is 286 g/mol. The average molecular weight is 306 g/mol. The number of carbonyl (C=O) groups is 1. The summed E-state index contributed by atoms with van der Waals surface area (Å²) >= 11 is 0. The Kier molecular flexibility index (Phi) is 6.28. The second kappa shape index (κ2) is 8.71. The van der Waals surface area contributed by atoms with Crippen molar-refractivity contribution in [3.8, 4) is 5.75 Å². The molecular formula is C14H20N5O3+. The molecule has 0 unspecified atom stereocenters. The van der Waals surface area contributed by atoms with Crippen molar-refractivity contribution in [1.82, 2.24) is 20.2 Å². The molecule has 0 radical (unpaired) electrons. The molecule has 0 bridgehead atoms. The zero-order valence-corrected chi connectivity index (χ0v) is 12.6. The summed E-state index contributed by atoms with van der Waals surface area (Å²) in [6.07, 6.45) is 6.69. The molecule has 22 heavy (non-hydrogen) atoms. The highest BCUT2D eigenvalue weighted by atomic mass is 16.5. The van der Waals surface area contributed by atoms with Crippen LogP contribution >= 0.6 is 0 Å². The molecule has 2 aromatic heterocycles. The minimum Gasteiger partial charge on any atom is -0.493 e. The summed E-state index contributed by atoms with van der Waals surface area (Å²) in [6, 6.07) is 3.78. The van der Waals surface area contributed by atoms with E-state index in [0.29, 0.717) is 13.2 Å². The van der Waals surface area contributed by atoms with E-state index in [4.69, 9.17) is 9.47 Å². The minimum absolute atomic E-state index is 0.208. The number of nitrogens with zero attached hydrogens (tertiary/aromatic N) is 5. The number of ether oxygens (including phenoxy) is 2. The van der Waals surface area contributed by atoms with E-state index in [1.165, 1.54) is 11.0 Å². The lowest BCUT2D eigenvalue weighted by Crippen LogP contribution is -2.31. The highest BCUT2D eigenvalue weighted by Gasteiger charge is 2.05. The summed E-state index contributed by atoms with van der Waals surface area (Å²) < 4.78 is 14.2. The Bertz CT molecular complexity index is 556. The van der Waals surface area contributed by atoms with Crippen molar-refractivity contribution in [2.75, 3.05) is 13.2 Å². The molecule has 0 amide bonds. The van der Waals surface area contributed by atoms with Crippen LogP contribution in [0.5, 0.6) is 5.75 Å². The third kappa shape index (κ3) is 5.47. The Hall–Kier alpha value is -2.51. The highest BCUT2D eigenvalue weighted by molar-refractivity contribution is 5.69. The van der Waals surface area contributed by atoms with E-state index < -0.39 is 0 Å². The van der Waals surface area contributed by atoms with E-state index >= 15 is 0 Å². The second-order valence-corrected chi connectivity index (χ2v) is 4.66. The van der Waals surface area contributed by atoms with Gasteiger partial charge in [0, 0.05) is 18.6 Å². The maximum atomic E-state index is 11.5. The van der Waals surface area contributed by atoms with Crippen LogP contribution in [0.3, 0.4) is 0 Å². The lowest BCUT2D eigenvalue weighted by Gasteiger charge is -2.06. The molecule has 2 heterocycles. The van der Waals surface area contributed by atoms with Gasteiger partial charge in [-0.3, -0.25) is 4.79 Å². The van der Waals surface area contributed by atoms with Crippen LogP contribution in [0.15, 0.2) is 30.9 Å². The van der Waals surface area contributed by atoms with E-state index in [0.717, 1.165) is 18.7 Å². The van der Waals surface area contributed by atoms with Crippen LogP contribution in [-0.4, -0.2) is 39.4 Å². The molecule has 118 valence electrons. The van der Waals surface area contributed by atoms with Gasteiger partial charge in [-0.25, -0.2) is 9.25 Å². The van der Waals surface area contributed by atoms with E-state index in [-0.39, 0.29) is 19.0 Å². The Morgan fingerprint density at radius 1 is 1.32 bits per heavy atom. The molecule has 2 rings (SSSR count). The molecule has 0 N–H and O–H groups in total. The van der Waals surface area contributed by atoms with Gasteiger partial charge in [0.05, 0.1) is 19.6 Å². The van der Waals surface area contributed by atoms with Gasteiger partial charge in [0.1, 0.15) is 25.2 Å². The number of aromatic nitrogens is 5. The van der Waals surface area contributed by atoms with Gasteiger partial charge < -0.3 is 9.47 Å². The van der Waals surface area contributed by atoms with Crippen molar-refractivity contribution < 1.29 is 18.8 Å². The van der Waals surface area contributed by atoms with Gasteiger partial charge >= 0.3 is 5.97 Å². The van der Waals surface area contributed by atoms with Crippen molar-refractivity contribution in [1.29, 1.82) is 0 Å². The Morgan fingerprint density at radius 2 is 2.14 bits per heavy atom. The Labute approximate surface area is 128 Å². The molecule has 2 aromatic rings. The number of pyridine rings is 1. The van der Waals surface area contributed by atoms with E-state index in [2.05, 4.69) is 27.0 Å². The van der Waals surface area contributed by atoms with Crippen LogP contribution in [0, 0.1) is 0 Å². The number of aryl methyl sites for hydroxylation is 1. The summed E-state index contributed by atoms with van der Waals surface area (Å²) in [5.41, 5.74) is 0. The highest BCUT2D eigenvalue weighted by Crippen LogP contribution is 2.06. The van der Waals surface area contributed by atoms with E-state index in [1.54, 1.807) is 0 Å². The molecule has 0 aromatic carbocycles. The average Bonchev–Trinajstić information content (AvgIpc) is 3.03. The number of tetrazole rings is 1. The summed E-state index contributed by atoms with van der Waals surface area (Å²) in [5.74, 6) is 0.443. The van der Waals surface area contributed by atoms with Gasteiger partial charge in [0.25, 0.3) is 0 Å². The maximum absolute atomic E-state index is 11.5. The lowest BCUT2D eigenvalue weighted by molar-refractivity contribution is -0.697. The third-order valence-corrected chi connectivity index (χ3v) is 2.89. The van der Waals surface area contributed by atoms with E-state index in [9.17, 15) is 4.79 Å². The first-order valence-corrected chi connectivity index (χ1v) is 7.26. The number of carbonyl (C=O) groups excluding carboxylic acids is 1. The van der Waals surface area contributed by atoms with E-state index in [1.807, 2.05) is 24.5 Å². The third-order valence-electron chi connectivity index (χ3n) is 2.89.